The average molecular weight is 306 g/mol. The van der Waals surface area contributed by atoms with Gasteiger partial charge in [0.1, 0.15) is 6.29 Å². The molecule has 3 rings (SSSR count). The van der Waals surface area contributed by atoms with Crippen LogP contribution in [0.1, 0.15) is 22.6 Å². The number of ether oxygens (including phenoxy) is 1. The summed E-state index contributed by atoms with van der Waals surface area (Å²) in [6.45, 7) is 2.02. The fraction of sp³-hybridized carbons (Fsp3) is 0.200. The summed E-state index contributed by atoms with van der Waals surface area (Å²) in [5.41, 5.74) is 4.58. The van der Waals surface area contributed by atoms with Crippen LogP contribution in [0.15, 0.2) is 60.2 Å². The maximum absolute atomic E-state index is 12.2. The highest BCUT2D eigenvalue weighted by Gasteiger charge is 2.47. The van der Waals surface area contributed by atoms with Crippen molar-refractivity contribution in [3.8, 4) is 0 Å². The Balaban J connectivity index is 2.18. The summed E-state index contributed by atoms with van der Waals surface area (Å²) >= 11 is 0. The number of hydrogen-bond donors (Lipinski definition) is 0. The highest BCUT2D eigenvalue weighted by atomic mass is 16.5. The predicted molar refractivity (Wildman–Crippen MR) is 88.9 cm³/mol. The lowest BCUT2D eigenvalue weighted by atomic mass is 9.62. The molecule has 1 aliphatic carbocycles. The Morgan fingerprint density at radius 1 is 1.04 bits per heavy atom. The number of rotatable bonds is 4. The van der Waals surface area contributed by atoms with Gasteiger partial charge >= 0.3 is 5.97 Å². The first kappa shape index (κ1) is 15.2. The monoisotopic (exact) mass is 306 g/mol. The molecule has 0 bridgehead atoms. The van der Waals surface area contributed by atoms with Crippen LogP contribution in [-0.4, -0.2) is 19.4 Å². The standard InChI is InChI=1S/C20H18O3/c1-13-8-6-7-11-15(13)18-17(14-9-4-3-5-10-14)16(12-21)19(18)20(22)23-2/h3-12,18-19H,1-2H3/t18-,19-/m1/s1. The lowest BCUT2D eigenvalue weighted by molar-refractivity contribution is -0.145. The predicted octanol–water partition coefficient (Wildman–Crippen LogP) is 3.53. The van der Waals surface area contributed by atoms with Gasteiger partial charge in [-0.3, -0.25) is 9.59 Å². The quantitative estimate of drug-likeness (QED) is 0.641. The largest absolute Gasteiger partial charge is 0.469 e. The summed E-state index contributed by atoms with van der Waals surface area (Å²) in [5.74, 6) is -1.04. The number of carbonyl (C=O) groups is 2. The summed E-state index contributed by atoms with van der Waals surface area (Å²) in [7, 11) is 1.36. The van der Waals surface area contributed by atoms with Gasteiger partial charge in [-0.1, -0.05) is 54.6 Å². The van der Waals surface area contributed by atoms with Crippen LogP contribution in [0.25, 0.3) is 5.57 Å². The van der Waals surface area contributed by atoms with Gasteiger partial charge < -0.3 is 4.74 Å². The molecule has 0 heterocycles. The van der Waals surface area contributed by atoms with E-state index >= 15 is 0 Å². The van der Waals surface area contributed by atoms with Gasteiger partial charge in [0.2, 0.25) is 0 Å². The second kappa shape index (κ2) is 6.21. The van der Waals surface area contributed by atoms with E-state index in [1.807, 2.05) is 61.5 Å². The molecule has 3 nitrogen and oxygen atoms in total. The zero-order valence-corrected chi connectivity index (χ0v) is 13.2. The molecule has 3 heteroatoms. The van der Waals surface area contributed by atoms with Gasteiger partial charge in [0, 0.05) is 11.5 Å². The van der Waals surface area contributed by atoms with E-state index in [0.717, 1.165) is 28.5 Å². The number of hydrogen-bond acceptors (Lipinski definition) is 3. The topological polar surface area (TPSA) is 43.4 Å². The molecule has 0 saturated heterocycles. The summed E-state index contributed by atoms with van der Waals surface area (Å²) in [6, 6.07) is 17.7. The minimum atomic E-state index is -0.534. The fourth-order valence-electron chi connectivity index (χ4n) is 3.36. The van der Waals surface area contributed by atoms with E-state index in [0.29, 0.717) is 5.57 Å². The van der Waals surface area contributed by atoms with Gasteiger partial charge in [-0.15, -0.1) is 0 Å². The smallest absolute Gasteiger partial charge is 0.314 e. The van der Waals surface area contributed by atoms with Gasteiger partial charge in [-0.05, 0) is 29.2 Å². The van der Waals surface area contributed by atoms with E-state index in [9.17, 15) is 9.59 Å². The molecule has 0 saturated carbocycles. The van der Waals surface area contributed by atoms with Crippen LogP contribution in [0.5, 0.6) is 0 Å². The van der Waals surface area contributed by atoms with E-state index in [1.165, 1.54) is 7.11 Å². The van der Waals surface area contributed by atoms with Crippen molar-refractivity contribution in [3.63, 3.8) is 0 Å². The van der Waals surface area contributed by atoms with Crippen LogP contribution in [0.2, 0.25) is 0 Å². The van der Waals surface area contributed by atoms with Crippen molar-refractivity contribution >= 4 is 17.8 Å². The molecule has 0 radical (unpaired) electrons. The number of allylic oxidation sites excluding steroid dienone is 1. The summed E-state index contributed by atoms with van der Waals surface area (Å²) < 4.78 is 4.93. The maximum atomic E-state index is 12.2. The third-order valence-electron chi connectivity index (χ3n) is 4.48. The van der Waals surface area contributed by atoms with Crippen molar-refractivity contribution < 1.29 is 14.3 Å². The molecule has 0 spiro atoms. The fourth-order valence-corrected chi connectivity index (χ4v) is 3.36. The summed E-state index contributed by atoms with van der Waals surface area (Å²) in [4.78, 5) is 23.8. The Kier molecular flexibility index (Phi) is 4.11. The molecule has 23 heavy (non-hydrogen) atoms. The minimum Gasteiger partial charge on any atom is -0.469 e. The Morgan fingerprint density at radius 2 is 1.70 bits per heavy atom. The molecule has 0 unspecified atom stereocenters. The molecule has 0 aliphatic heterocycles. The highest BCUT2D eigenvalue weighted by molar-refractivity contribution is 6.05. The van der Waals surface area contributed by atoms with Crippen LogP contribution < -0.4 is 0 Å². The van der Waals surface area contributed by atoms with E-state index in [2.05, 4.69) is 0 Å². The van der Waals surface area contributed by atoms with E-state index in [-0.39, 0.29) is 11.9 Å². The second-order valence-corrected chi connectivity index (χ2v) is 5.69. The lowest BCUT2D eigenvalue weighted by Gasteiger charge is -2.39. The van der Waals surface area contributed by atoms with Crippen LogP contribution in [0.3, 0.4) is 0 Å². The van der Waals surface area contributed by atoms with Crippen molar-refractivity contribution in [2.45, 2.75) is 12.8 Å². The van der Waals surface area contributed by atoms with Crippen molar-refractivity contribution in [1.29, 1.82) is 0 Å². The molecule has 2 aromatic rings. The van der Waals surface area contributed by atoms with Crippen molar-refractivity contribution in [2.75, 3.05) is 7.11 Å². The molecule has 0 aromatic heterocycles. The summed E-state index contributed by atoms with van der Waals surface area (Å²) in [6.07, 6.45) is 0.790. The number of aldehydes is 1. The van der Waals surface area contributed by atoms with Gasteiger partial charge in [0.25, 0.3) is 0 Å². The zero-order valence-electron chi connectivity index (χ0n) is 13.2. The molecule has 0 amide bonds. The van der Waals surface area contributed by atoms with Crippen molar-refractivity contribution in [2.24, 2.45) is 5.92 Å². The second-order valence-electron chi connectivity index (χ2n) is 5.69. The van der Waals surface area contributed by atoms with Crippen LogP contribution >= 0.6 is 0 Å². The van der Waals surface area contributed by atoms with E-state index in [4.69, 9.17) is 4.74 Å². The molecule has 2 aromatic carbocycles. The van der Waals surface area contributed by atoms with Gasteiger partial charge in [-0.2, -0.15) is 0 Å². The Morgan fingerprint density at radius 3 is 2.30 bits per heavy atom. The SMILES string of the molecule is COC(=O)[C@@H]1C(C=O)=C(c2ccccc2)[C@H]1c1ccccc1C. The van der Waals surface area contributed by atoms with Gasteiger partial charge in [0.15, 0.2) is 0 Å². The highest BCUT2D eigenvalue weighted by Crippen LogP contribution is 2.53. The number of esters is 1. The third kappa shape index (κ3) is 2.48. The van der Waals surface area contributed by atoms with Crippen molar-refractivity contribution in [1.82, 2.24) is 0 Å². The van der Waals surface area contributed by atoms with E-state index in [1.54, 1.807) is 0 Å². The normalized spacial score (nSPS) is 19.9. The van der Waals surface area contributed by atoms with Crippen molar-refractivity contribution in [3.05, 3.63) is 76.9 Å². The zero-order chi connectivity index (χ0) is 16.4. The first-order valence-corrected chi connectivity index (χ1v) is 7.57. The third-order valence-corrected chi connectivity index (χ3v) is 4.48. The number of benzene rings is 2. The first-order chi connectivity index (χ1) is 11.2. The number of aryl methyl sites for hydroxylation is 1. The number of carbonyl (C=O) groups excluding carboxylic acids is 2. The van der Waals surface area contributed by atoms with Crippen LogP contribution in [-0.2, 0) is 14.3 Å². The van der Waals surface area contributed by atoms with Crippen LogP contribution in [0, 0.1) is 12.8 Å². The first-order valence-electron chi connectivity index (χ1n) is 7.57. The molecule has 2 atom stereocenters. The average Bonchev–Trinajstić information content (AvgIpc) is 2.57. The number of methoxy groups -OCH3 is 1. The Labute approximate surface area is 135 Å². The molecule has 0 fully saturated rings. The molecule has 116 valence electrons. The van der Waals surface area contributed by atoms with Gasteiger partial charge in [0.05, 0.1) is 13.0 Å². The van der Waals surface area contributed by atoms with Gasteiger partial charge in [-0.25, -0.2) is 0 Å². The van der Waals surface area contributed by atoms with E-state index < -0.39 is 5.92 Å². The minimum absolute atomic E-state index is 0.147. The molecular formula is C20H18O3. The van der Waals surface area contributed by atoms with Crippen LogP contribution in [0.4, 0.5) is 0 Å². The molecule has 1 aliphatic rings. The maximum Gasteiger partial charge on any atom is 0.314 e. The summed E-state index contributed by atoms with van der Waals surface area (Å²) in [5, 5.41) is 0. The lowest BCUT2D eigenvalue weighted by Crippen LogP contribution is -2.36. The Bertz CT molecular complexity index is 774. The Hall–Kier alpha value is -2.68. The molecule has 0 N–H and O–H groups in total. The molecular weight excluding hydrogens is 288 g/mol.